The Bertz CT molecular complexity index is 1220. The summed E-state index contributed by atoms with van der Waals surface area (Å²) in [5.74, 6) is -1.86. The lowest BCUT2D eigenvalue weighted by atomic mass is 10.1. The summed E-state index contributed by atoms with van der Waals surface area (Å²) in [5.41, 5.74) is 6.70. The van der Waals surface area contributed by atoms with Crippen molar-refractivity contribution in [3.05, 3.63) is 58.1 Å². The Balaban J connectivity index is 1.92. The van der Waals surface area contributed by atoms with Crippen molar-refractivity contribution in [2.45, 2.75) is 22.3 Å². The van der Waals surface area contributed by atoms with Crippen molar-refractivity contribution in [3.8, 4) is 5.69 Å². The molecular formula is C20H16FN3O3S. The van der Waals surface area contributed by atoms with Gasteiger partial charge in [0.1, 0.15) is 11.4 Å². The third-order valence-electron chi connectivity index (χ3n) is 5.28. The predicted molar refractivity (Wildman–Crippen MR) is 105 cm³/mol. The van der Waals surface area contributed by atoms with E-state index in [1.54, 1.807) is 4.57 Å². The van der Waals surface area contributed by atoms with Crippen molar-refractivity contribution in [2.24, 2.45) is 5.73 Å². The maximum absolute atomic E-state index is 15.2. The van der Waals surface area contributed by atoms with Crippen molar-refractivity contribution in [1.82, 2.24) is 4.57 Å². The molecule has 6 nitrogen and oxygen atoms in total. The third kappa shape index (κ3) is 2.38. The number of fused-ring (bicyclic) bond motifs is 2. The highest BCUT2D eigenvalue weighted by Gasteiger charge is 2.31. The van der Waals surface area contributed by atoms with Gasteiger partial charge in [-0.1, -0.05) is 23.9 Å². The number of nitrogens with zero attached hydrogens (tertiary/aromatic N) is 2. The molecule has 142 valence electrons. The number of carboxylic acids is 1. The van der Waals surface area contributed by atoms with E-state index in [0.717, 1.165) is 23.1 Å². The molecule has 3 heterocycles. The minimum Gasteiger partial charge on any atom is -0.477 e. The first-order valence-electron chi connectivity index (χ1n) is 8.88. The van der Waals surface area contributed by atoms with Crippen molar-refractivity contribution >= 4 is 34.3 Å². The quantitative estimate of drug-likeness (QED) is 0.541. The van der Waals surface area contributed by atoms with E-state index in [1.165, 1.54) is 18.0 Å². The maximum atomic E-state index is 15.2. The number of para-hydroxylation sites is 1. The number of aromatic nitrogens is 1. The van der Waals surface area contributed by atoms with Crippen LogP contribution in [-0.2, 0) is 0 Å². The number of anilines is 1. The van der Waals surface area contributed by atoms with Gasteiger partial charge in [-0.05, 0) is 24.6 Å². The number of rotatable bonds is 2. The molecule has 1 aromatic heterocycles. The molecule has 2 aliphatic heterocycles. The molecule has 8 heteroatoms. The van der Waals surface area contributed by atoms with Gasteiger partial charge in [0.25, 0.3) is 0 Å². The molecule has 0 aliphatic carbocycles. The molecule has 3 aromatic rings. The summed E-state index contributed by atoms with van der Waals surface area (Å²) in [5, 5.41) is 9.54. The topological polar surface area (TPSA) is 88.6 Å². The average molecular weight is 397 g/mol. The van der Waals surface area contributed by atoms with Gasteiger partial charge in [-0.3, -0.25) is 4.79 Å². The largest absolute Gasteiger partial charge is 0.477 e. The van der Waals surface area contributed by atoms with E-state index in [1.807, 2.05) is 29.2 Å². The molecule has 2 aromatic carbocycles. The van der Waals surface area contributed by atoms with Crippen LogP contribution in [0.1, 0.15) is 16.8 Å². The third-order valence-corrected chi connectivity index (χ3v) is 6.44. The van der Waals surface area contributed by atoms with E-state index in [2.05, 4.69) is 0 Å². The Hall–Kier alpha value is -2.84. The van der Waals surface area contributed by atoms with E-state index in [0.29, 0.717) is 29.2 Å². The monoisotopic (exact) mass is 397 g/mol. The van der Waals surface area contributed by atoms with Gasteiger partial charge in [0, 0.05) is 30.2 Å². The van der Waals surface area contributed by atoms with Crippen LogP contribution in [-0.4, -0.2) is 34.8 Å². The normalized spacial score (nSPS) is 17.8. The zero-order valence-corrected chi connectivity index (χ0v) is 15.5. The van der Waals surface area contributed by atoms with Crippen LogP contribution in [0, 0.1) is 5.82 Å². The van der Waals surface area contributed by atoms with Gasteiger partial charge in [-0.2, -0.15) is 0 Å². The summed E-state index contributed by atoms with van der Waals surface area (Å²) >= 11 is 1.40. The standard InChI is InChI=1S/C20H16FN3O3S/c21-13-7-11-16-19(17(13)23-6-5-10(22)8-23)28-15-4-2-1-3-14(15)24(16)9-12(18(11)25)20(26)27/h1-4,7,9-10H,5-6,8,22H2,(H,26,27)/t10-/m0/s1. The summed E-state index contributed by atoms with van der Waals surface area (Å²) in [6.45, 7) is 1.17. The van der Waals surface area contributed by atoms with Crippen LogP contribution in [0.25, 0.3) is 16.6 Å². The second kappa shape index (κ2) is 6.08. The molecule has 0 radical (unpaired) electrons. The number of halogens is 1. The number of carbonyl (C=O) groups is 1. The number of pyridine rings is 1. The van der Waals surface area contributed by atoms with E-state index in [9.17, 15) is 14.7 Å². The molecular weight excluding hydrogens is 381 g/mol. The minimum atomic E-state index is -1.33. The molecule has 1 atom stereocenters. The van der Waals surface area contributed by atoms with Gasteiger partial charge < -0.3 is 20.3 Å². The van der Waals surface area contributed by atoms with Gasteiger partial charge in [-0.25, -0.2) is 9.18 Å². The summed E-state index contributed by atoms with van der Waals surface area (Å²) in [6.07, 6.45) is 2.11. The van der Waals surface area contributed by atoms with Gasteiger partial charge in [0.2, 0.25) is 5.43 Å². The summed E-state index contributed by atoms with van der Waals surface area (Å²) in [6, 6.07) is 8.61. The van der Waals surface area contributed by atoms with Crippen molar-refractivity contribution in [3.63, 3.8) is 0 Å². The number of benzene rings is 2. The highest BCUT2D eigenvalue weighted by molar-refractivity contribution is 8.00. The molecule has 3 N–H and O–H groups in total. The number of nitrogens with two attached hydrogens (primary N) is 1. The summed E-state index contributed by atoms with van der Waals surface area (Å²) < 4.78 is 16.9. The Labute approximate surface area is 163 Å². The van der Waals surface area contributed by atoms with E-state index < -0.39 is 17.2 Å². The number of aromatic carboxylic acids is 1. The molecule has 0 saturated carbocycles. The van der Waals surface area contributed by atoms with Crippen LogP contribution < -0.4 is 16.1 Å². The predicted octanol–water partition coefficient (Wildman–Crippen LogP) is 2.83. The smallest absolute Gasteiger partial charge is 0.341 e. The highest BCUT2D eigenvalue weighted by atomic mass is 32.2. The second-order valence-electron chi connectivity index (χ2n) is 7.04. The lowest BCUT2D eigenvalue weighted by Gasteiger charge is -2.28. The first-order chi connectivity index (χ1) is 13.5. The Kier molecular flexibility index (Phi) is 3.75. The Morgan fingerprint density at radius 1 is 1.32 bits per heavy atom. The highest BCUT2D eigenvalue weighted by Crippen LogP contribution is 2.48. The zero-order chi connectivity index (χ0) is 19.6. The maximum Gasteiger partial charge on any atom is 0.341 e. The molecule has 0 amide bonds. The first kappa shape index (κ1) is 17.3. The van der Waals surface area contributed by atoms with E-state index >= 15 is 4.39 Å². The summed E-state index contributed by atoms with van der Waals surface area (Å²) in [7, 11) is 0. The molecule has 28 heavy (non-hydrogen) atoms. The van der Waals surface area contributed by atoms with Gasteiger partial charge in [0.15, 0.2) is 0 Å². The minimum absolute atomic E-state index is 0.0280. The lowest BCUT2D eigenvalue weighted by molar-refractivity contribution is 0.0695. The summed E-state index contributed by atoms with van der Waals surface area (Å²) in [4.78, 5) is 27.8. The fraction of sp³-hybridized carbons (Fsp3) is 0.200. The fourth-order valence-electron chi connectivity index (χ4n) is 3.99. The molecule has 5 rings (SSSR count). The number of hydrogen-bond donors (Lipinski definition) is 2. The number of hydrogen-bond acceptors (Lipinski definition) is 5. The van der Waals surface area contributed by atoms with Crippen LogP contribution in [0.3, 0.4) is 0 Å². The molecule has 1 fully saturated rings. The van der Waals surface area contributed by atoms with Gasteiger partial charge in [-0.15, -0.1) is 0 Å². The second-order valence-corrected chi connectivity index (χ2v) is 8.10. The van der Waals surface area contributed by atoms with Crippen LogP contribution in [0.2, 0.25) is 0 Å². The van der Waals surface area contributed by atoms with Crippen LogP contribution in [0.5, 0.6) is 0 Å². The molecule has 0 unspecified atom stereocenters. The zero-order valence-electron chi connectivity index (χ0n) is 14.7. The van der Waals surface area contributed by atoms with Gasteiger partial charge in [0.05, 0.1) is 27.2 Å². The first-order valence-corrected chi connectivity index (χ1v) is 9.70. The van der Waals surface area contributed by atoms with E-state index in [-0.39, 0.29) is 17.0 Å². The average Bonchev–Trinajstić information content (AvgIpc) is 3.09. The van der Waals surface area contributed by atoms with Crippen molar-refractivity contribution in [2.75, 3.05) is 18.0 Å². The van der Waals surface area contributed by atoms with Crippen LogP contribution in [0.15, 0.2) is 51.1 Å². The van der Waals surface area contributed by atoms with Crippen molar-refractivity contribution in [1.29, 1.82) is 0 Å². The van der Waals surface area contributed by atoms with Crippen LogP contribution in [0.4, 0.5) is 10.1 Å². The fourth-order valence-corrected chi connectivity index (χ4v) is 5.26. The molecule has 2 aliphatic rings. The Morgan fingerprint density at radius 3 is 2.82 bits per heavy atom. The molecule has 0 spiro atoms. The van der Waals surface area contributed by atoms with Gasteiger partial charge >= 0.3 is 5.97 Å². The lowest BCUT2D eigenvalue weighted by Crippen LogP contribution is -2.28. The molecule has 1 saturated heterocycles. The SMILES string of the molecule is N[C@H]1CCN(c2c(F)cc3c(=O)c(C(=O)O)cn4c3c2Sc2ccccc2-4)C1. The van der Waals surface area contributed by atoms with E-state index in [4.69, 9.17) is 5.73 Å². The molecule has 0 bridgehead atoms. The Morgan fingerprint density at radius 2 is 2.11 bits per heavy atom. The van der Waals surface area contributed by atoms with Crippen LogP contribution >= 0.6 is 11.8 Å². The van der Waals surface area contributed by atoms with Crippen molar-refractivity contribution < 1.29 is 14.3 Å². The number of carboxylic acid groups (broad SMARTS) is 1.